The highest BCUT2D eigenvalue weighted by atomic mass is 79.9. The fraction of sp³-hybridized carbons (Fsp3) is 0.462. The Morgan fingerprint density at radius 3 is 3.06 bits per heavy atom. The Hall–Kier alpha value is -0.870. The van der Waals surface area contributed by atoms with E-state index >= 15 is 0 Å². The standard InChI is InChI=1S/C13H15BrO3/c1-9-6-11(14)2-3-13(9)17-8-12(15)10-4-5-16-7-10/h2-3,6,10H,4-5,7-8H2,1H3. The first-order valence-electron chi connectivity index (χ1n) is 5.66. The van der Waals surface area contributed by atoms with Crippen molar-refractivity contribution in [2.24, 2.45) is 5.92 Å². The van der Waals surface area contributed by atoms with Crippen LogP contribution in [0.4, 0.5) is 0 Å². The largest absolute Gasteiger partial charge is 0.486 e. The van der Waals surface area contributed by atoms with Crippen LogP contribution in [0.15, 0.2) is 22.7 Å². The molecule has 0 radical (unpaired) electrons. The summed E-state index contributed by atoms with van der Waals surface area (Å²) in [5.41, 5.74) is 1.02. The summed E-state index contributed by atoms with van der Waals surface area (Å²) in [4.78, 5) is 11.8. The van der Waals surface area contributed by atoms with Gasteiger partial charge in [-0.3, -0.25) is 4.79 Å². The average molecular weight is 299 g/mol. The number of carbonyl (C=O) groups excluding carboxylic acids is 1. The Labute approximate surface area is 109 Å². The molecule has 92 valence electrons. The van der Waals surface area contributed by atoms with E-state index < -0.39 is 0 Å². The fourth-order valence-corrected chi connectivity index (χ4v) is 2.31. The van der Waals surface area contributed by atoms with E-state index in [9.17, 15) is 4.79 Å². The highest BCUT2D eigenvalue weighted by Gasteiger charge is 2.23. The number of hydrogen-bond acceptors (Lipinski definition) is 3. The van der Waals surface area contributed by atoms with Gasteiger partial charge in [-0.2, -0.15) is 0 Å². The predicted molar refractivity (Wildman–Crippen MR) is 68.3 cm³/mol. The van der Waals surface area contributed by atoms with Crippen LogP contribution >= 0.6 is 15.9 Å². The van der Waals surface area contributed by atoms with Crippen LogP contribution in [0.25, 0.3) is 0 Å². The zero-order chi connectivity index (χ0) is 12.3. The normalized spacial score (nSPS) is 19.3. The van der Waals surface area contributed by atoms with Crippen LogP contribution in [0, 0.1) is 12.8 Å². The molecule has 0 N–H and O–H groups in total. The van der Waals surface area contributed by atoms with E-state index in [0.29, 0.717) is 13.2 Å². The molecule has 1 fully saturated rings. The third-order valence-corrected chi connectivity index (χ3v) is 3.39. The van der Waals surface area contributed by atoms with Gasteiger partial charge in [0.25, 0.3) is 0 Å². The monoisotopic (exact) mass is 298 g/mol. The van der Waals surface area contributed by atoms with Crippen LogP contribution in [0.5, 0.6) is 5.75 Å². The molecule has 0 bridgehead atoms. The minimum Gasteiger partial charge on any atom is -0.486 e. The van der Waals surface area contributed by atoms with Crippen LogP contribution in [-0.2, 0) is 9.53 Å². The molecular formula is C13H15BrO3. The summed E-state index contributed by atoms with van der Waals surface area (Å²) in [7, 11) is 0. The van der Waals surface area contributed by atoms with Crippen LogP contribution in [0.2, 0.25) is 0 Å². The van der Waals surface area contributed by atoms with Gasteiger partial charge in [-0.05, 0) is 37.1 Å². The topological polar surface area (TPSA) is 35.5 Å². The second-order valence-electron chi connectivity index (χ2n) is 4.23. The highest BCUT2D eigenvalue weighted by molar-refractivity contribution is 9.10. The Morgan fingerprint density at radius 2 is 2.41 bits per heavy atom. The van der Waals surface area contributed by atoms with E-state index in [1.54, 1.807) is 0 Å². The first kappa shape index (κ1) is 12.6. The number of carbonyl (C=O) groups is 1. The molecule has 2 rings (SSSR count). The van der Waals surface area contributed by atoms with Crippen molar-refractivity contribution in [1.29, 1.82) is 0 Å². The van der Waals surface area contributed by atoms with Crippen molar-refractivity contribution in [2.45, 2.75) is 13.3 Å². The summed E-state index contributed by atoms with van der Waals surface area (Å²) in [5.74, 6) is 0.913. The summed E-state index contributed by atoms with van der Waals surface area (Å²) in [6.45, 7) is 3.33. The lowest BCUT2D eigenvalue weighted by molar-refractivity contribution is -0.124. The van der Waals surface area contributed by atoms with Crippen molar-refractivity contribution in [3.63, 3.8) is 0 Å². The van der Waals surface area contributed by atoms with E-state index in [1.807, 2.05) is 25.1 Å². The lowest BCUT2D eigenvalue weighted by Crippen LogP contribution is -2.21. The molecule has 1 atom stereocenters. The molecule has 1 aliphatic rings. The maximum atomic E-state index is 11.8. The van der Waals surface area contributed by atoms with Crippen molar-refractivity contribution in [1.82, 2.24) is 0 Å². The van der Waals surface area contributed by atoms with Gasteiger partial charge in [-0.1, -0.05) is 15.9 Å². The van der Waals surface area contributed by atoms with E-state index in [1.165, 1.54) is 0 Å². The number of Topliss-reactive ketones (excluding diaryl/α,β-unsaturated/α-hetero) is 1. The van der Waals surface area contributed by atoms with E-state index in [0.717, 1.165) is 22.2 Å². The smallest absolute Gasteiger partial charge is 0.175 e. The molecule has 4 heteroatoms. The average Bonchev–Trinajstić information content (AvgIpc) is 2.81. The van der Waals surface area contributed by atoms with Crippen molar-refractivity contribution in [2.75, 3.05) is 19.8 Å². The molecule has 0 saturated carbocycles. The molecule has 0 spiro atoms. The van der Waals surface area contributed by atoms with Gasteiger partial charge in [0, 0.05) is 17.0 Å². The van der Waals surface area contributed by atoms with Crippen molar-refractivity contribution in [3.8, 4) is 5.75 Å². The minimum absolute atomic E-state index is 0.0192. The van der Waals surface area contributed by atoms with Crippen molar-refractivity contribution < 1.29 is 14.3 Å². The summed E-state index contributed by atoms with van der Waals surface area (Å²) in [5, 5.41) is 0. The molecule has 0 aliphatic carbocycles. The number of halogens is 1. The minimum atomic E-state index is 0.0192. The zero-order valence-corrected chi connectivity index (χ0v) is 11.3. The van der Waals surface area contributed by atoms with Gasteiger partial charge in [0.1, 0.15) is 12.4 Å². The number of hydrogen-bond donors (Lipinski definition) is 0. The second kappa shape index (κ2) is 5.65. The van der Waals surface area contributed by atoms with Gasteiger partial charge in [-0.15, -0.1) is 0 Å². The lowest BCUT2D eigenvalue weighted by atomic mass is 10.0. The SMILES string of the molecule is Cc1cc(Br)ccc1OCC(=O)C1CCOC1. The van der Waals surface area contributed by atoms with Gasteiger partial charge in [0.05, 0.1) is 6.61 Å². The number of aryl methyl sites for hydroxylation is 1. The molecule has 0 aromatic heterocycles. The zero-order valence-electron chi connectivity index (χ0n) is 9.74. The second-order valence-corrected chi connectivity index (χ2v) is 5.14. The van der Waals surface area contributed by atoms with Crippen molar-refractivity contribution >= 4 is 21.7 Å². The van der Waals surface area contributed by atoms with Crippen LogP contribution in [0.1, 0.15) is 12.0 Å². The van der Waals surface area contributed by atoms with Gasteiger partial charge in [0.15, 0.2) is 5.78 Å². The van der Waals surface area contributed by atoms with E-state index in [2.05, 4.69) is 15.9 Å². The van der Waals surface area contributed by atoms with Gasteiger partial charge >= 0.3 is 0 Å². The fourth-order valence-electron chi connectivity index (χ4n) is 1.83. The molecular weight excluding hydrogens is 284 g/mol. The van der Waals surface area contributed by atoms with Crippen molar-refractivity contribution in [3.05, 3.63) is 28.2 Å². The van der Waals surface area contributed by atoms with Crippen LogP contribution in [0.3, 0.4) is 0 Å². The van der Waals surface area contributed by atoms with Gasteiger partial charge < -0.3 is 9.47 Å². The van der Waals surface area contributed by atoms with Crippen LogP contribution in [-0.4, -0.2) is 25.6 Å². The number of ketones is 1. The third kappa shape index (κ3) is 3.30. The number of rotatable bonds is 4. The molecule has 1 saturated heterocycles. The Morgan fingerprint density at radius 1 is 1.59 bits per heavy atom. The van der Waals surface area contributed by atoms with Gasteiger partial charge in [0.2, 0.25) is 0 Å². The highest BCUT2D eigenvalue weighted by Crippen LogP contribution is 2.22. The summed E-state index contributed by atoms with van der Waals surface area (Å²) in [6, 6.07) is 5.75. The first-order chi connectivity index (χ1) is 8.16. The first-order valence-corrected chi connectivity index (χ1v) is 6.45. The maximum Gasteiger partial charge on any atom is 0.175 e. The van der Waals surface area contributed by atoms with E-state index in [-0.39, 0.29) is 18.3 Å². The summed E-state index contributed by atoms with van der Waals surface area (Å²) < 4.78 is 11.7. The Bertz CT molecular complexity index is 411. The molecule has 3 nitrogen and oxygen atoms in total. The molecule has 0 amide bonds. The molecule has 17 heavy (non-hydrogen) atoms. The Balaban J connectivity index is 1.90. The van der Waals surface area contributed by atoms with Gasteiger partial charge in [-0.25, -0.2) is 0 Å². The maximum absolute atomic E-state index is 11.8. The number of benzene rings is 1. The molecule has 1 heterocycles. The molecule has 1 aromatic carbocycles. The van der Waals surface area contributed by atoms with E-state index in [4.69, 9.17) is 9.47 Å². The third-order valence-electron chi connectivity index (χ3n) is 2.89. The lowest BCUT2D eigenvalue weighted by Gasteiger charge is -2.10. The summed E-state index contributed by atoms with van der Waals surface area (Å²) >= 11 is 3.39. The quantitative estimate of drug-likeness (QED) is 0.857. The molecule has 1 aromatic rings. The van der Waals surface area contributed by atoms with Crippen LogP contribution < -0.4 is 4.74 Å². The molecule has 1 unspecified atom stereocenters. The predicted octanol–water partition coefficient (Wildman–Crippen LogP) is 2.74. The summed E-state index contributed by atoms with van der Waals surface area (Å²) in [6.07, 6.45) is 0.821. The number of ether oxygens (including phenoxy) is 2. The molecule has 1 aliphatic heterocycles. The Kier molecular flexibility index (Phi) is 4.18.